The molecule has 0 radical (unpaired) electrons. The molecule has 1 aromatic heterocycles. The summed E-state index contributed by atoms with van der Waals surface area (Å²) in [5, 5.41) is 10.2. The lowest BCUT2D eigenvalue weighted by Gasteiger charge is -2.25. The fraction of sp³-hybridized carbons (Fsp3) is 0.500. The summed E-state index contributed by atoms with van der Waals surface area (Å²) in [6.45, 7) is 3.12. The predicted molar refractivity (Wildman–Crippen MR) is 80.5 cm³/mol. The van der Waals surface area contributed by atoms with Crippen LogP contribution in [0.5, 0.6) is 0 Å². The summed E-state index contributed by atoms with van der Waals surface area (Å²) in [6, 6.07) is 3.85. The topological polar surface area (TPSA) is 56.7 Å². The molecule has 21 heavy (non-hydrogen) atoms. The molecule has 3 rings (SSSR count). The minimum absolute atomic E-state index is 0.0420. The van der Waals surface area contributed by atoms with Gasteiger partial charge in [-0.2, -0.15) is 0 Å². The molecule has 1 N–H and O–H groups in total. The maximum atomic E-state index is 12.2. The molecular formula is C16H21N3O2. The van der Waals surface area contributed by atoms with Crippen LogP contribution in [0, 0.1) is 0 Å². The lowest BCUT2D eigenvalue weighted by molar-refractivity contribution is -0.125. The fourth-order valence-corrected chi connectivity index (χ4v) is 3.13. The van der Waals surface area contributed by atoms with Gasteiger partial charge in [0.1, 0.15) is 0 Å². The van der Waals surface area contributed by atoms with Crippen LogP contribution in [-0.4, -0.2) is 64.1 Å². The Kier molecular flexibility index (Phi) is 4.31. The summed E-state index contributed by atoms with van der Waals surface area (Å²) in [7, 11) is 0. The Bertz CT molecular complexity index is 512. The normalized spacial score (nSPS) is 26.8. The van der Waals surface area contributed by atoms with Gasteiger partial charge in [0.25, 0.3) is 0 Å². The van der Waals surface area contributed by atoms with Crippen molar-refractivity contribution in [2.75, 3.05) is 26.2 Å². The van der Waals surface area contributed by atoms with Gasteiger partial charge in [0.2, 0.25) is 5.91 Å². The smallest absolute Gasteiger partial charge is 0.246 e. The van der Waals surface area contributed by atoms with E-state index >= 15 is 0 Å². The van der Waals surface area contributed by atoms with Crippen molar-refractivity contribution in [1.29, 1.82) is 0 Å². The number of hydrogen-bond acceptors (Lipinski definition) is 4. The van der Waals surface area contributed by atoms with E-state index in [9.17, 15) is 9.90 Å². The minimum atomic E-state index is -0.432. The molecule has 2 aliphatic rings. The second-order valence-electron chi connectivity index (χ2n) is 5.74. The number of rotatable bonds is 3. The van der Waals surface area contributed by atoms with Crippen molar-refractivity contribution in [2.45, 2.75) is 25.0 Å². The highest BCUT2D eigenvalue weighted by Gasteiger charge is 2.37. The van der Waals surface area contributed by atoms with Gasteiger partial charge in [0, 0.05) is 31.6 Å². The first-order valence-corrected chi connectivity index (χ1v) is 7.53. The predicted octanol–water partition coefficient (Wildman–Crippen LogP) is 0.762. The van der Waals surface area contributed by atoms with Crippen LogP contribution in [0.3, 0.4) is 0 Å². The first-order valence-electron chi connectivity index (χ1n) is 7.53. The van der Waals surface area contributed by atoms with Crippen LogP contribution in [0.2, 0.25) is 0 Å². The monoisotopic (exact) mass is 287 g/mol. The van der Waals surface area contributed by atoms with E-state index in [4.69, 9.17) is 0 Å². The zero-order valence-electron chi connectivity index (χ0n) is 12.1. The molecule has 1 amide bonds. The van der Waals surface area contributed by atoms with E-state index in [0.29, 0.717) is 13.1 Å². The molecule has 2 saturated heterocycles. The summed E-state index contributed by atoms with van der Waals surface area (Å²) in [4.78, 5) is 20.3. The quantitative estimate of drug-likeness (QED) is 0.834. The first kappa shape index (κ1) is 14.2. The molecule has 5 nitrogen and oxygen atoms in total. The lowest BCUT2D eigenvalue weighted by atomic mass is 10.2. The van der Waals surface area contributed by atoms with Crippen molar-refractivity contribution >= 4 is 12.0 Å². The van der Waals surface area contributed by atoms with Gasteiger partial charge in [-0.15, -0.1) is 0 Å². The van der Waals surface area contributed by atoms with Crippen molar-refractivity contribution in [3.8, 4) is 0 Å². The highest BCUT2D eigenvalue weighted by molar-refractivity contribution is 5.92. The zero-order chi connectivity index (χ0) is 14.7. The van der Waals surface area contributed by atoms with Gasteiger partial charge in [-0.1, -0.05) is 6.07 Å². The molecule has 112 valence electrons. The molecule has 1 aromatic rings. The van der Waals surface area contributed by atoms with Gasteiger partial charge >= 0.3 is 0 Å². The molecule has 0 aromatic carbocycles. The summed E-state index contributed by atoms with van der Waals surface area (Å²) < 4.78 is 0. The molecule has 0 unspecified atom stereocenters. The van der Waals surface area contributed by atoms with Gasteiger partial charge in [-0.25, -0.2) is 0 Å². The Labute approximate surface area is 124 Å². The molecule has 2 aliphatic heterocycles. The maximum absolute atomic E-state index is 12.2. The van der Waals surface area contributed by atoms with Crippen LogP contribution in [0.25, 0.3) is 6.08 Å². The highest BCUT2D eigenvalue weighted by atomic mass is 16.3. The van der Waals surface area contributed by atoms with Crippen molar-refractivity contribution in [2.24, 2.45) is 0 Å². The fourth-order valence-electron chi connectivity index (χ4n) is 3.13. The number of aromatic nitrogens is 1. The summed E-state index contributed by atoms with van der Waals surface area (Å²) in [5.74, 6) is -0.0420. The van der Waals surface area contributed by atoms with Crippen LogP contribution in [0.4, 0.5) is 0 Å². The first-order chi connectivity index (χ1) is 10.2. The number of β-amino-alcohol motifs (C(OH)–C–C–N with tert-alkyl or cyclic N) is 1. The van der Waals surface area contributed by atoms with Crippen molar-refractivity contribution in [1.82, 2.24) is 14.8 Å². The Hall–Kier alpha value is -1.72. The van der Waals surface area contributed by atoms with E-state index in [1.807, 2.05) is 12.1 Å². The SMILES string of the molecule is O=C(/C=C/c1cccnc1)N1C[C@@H](O)[C@H](N2CCCC2)C1. The average Bonchev–Trinajstić information content (AvgIpc) is 3.15. The van der Waals surface area contributed by atoms with Crippen LogP contribution in [0.15, 0.2) is 30.6 Å². The third kappa shape index (κ3) is 3.31. The molecule has 0 spiro atoms. The van der Waals surface area contributed by atoms with Gasteiger partial charge < -0.3 is 10.0 Å². The van der Waals surface area contributed by atoms with Crippen LogP contribution in [0.1, 0.15) is 18.4 Å². The Morgan fingerprint density at radius 2 is 2.14 bits per heavy atom. The number of hydrogen-bond donors (Lipinski definition) is 1. The standard InChI is InChI=1S/C16H21N3O2/c20-15-12-19(11-14(15)18-8-1-2-9-18)16(21)6-5-13-4-3-7-17-10-13/h3-7,10,14-15,20H,1-2,8-9,11-12H2/b6-5+/t14-,15-/m1/s1. The van der Waals surface area contributed by atoms with Gasteiger partial charge in [0.05, 0.1) is 12.1 Å². The van der Waals surface area contributed by atoms with E-state index in [2.05, 4.69) is 9.88 Å². The number of aliphatic hydroxyl groups excluding tert-OH is 1. The number of amides is 1. The lowest BCUT2D eigenvalue weighted by Crippen LogP contribution is -2.41. The Morgan fingerprint density at radius 1 is 1.33 bits per heavy atom. The van der Waals surface area contributed by atoms with Crippen LogP contribution in [-0.2, 0) is 4.79 Å². The molecule has 3 heterocycles. The van der Waals surface area contributed by atoms with Gasteiger partial charge in [-0.3, -0.25) is 14.7 Å². The summed E-state index contributed by atoms with van der Waals surface area (Å²) in [5.41, 5.74) is 0.904. The van der Waals surface area contributed by atoms with Crippen LogP contribution < -0.4 is 0 Å². The number of nitrogens with zero attached hydrogens (tertiary/aromatic N) is 3. The Balaban J connectivity index is 1.60. The number of carbonyl (C=O) groups is 1. The molecule has 0 bridgehead atoms. The largest absolute Gasteiger partial charge is 0.390 e. The molecule has 2 atom stereocenters. The van der Waals surface area contributed by atoms with Crippen molar-refractivity contribution < 1.29 is 9.90 Å². The van der Waals surface area contributed by atoms with E-state index in [1.165, 1.54) is 12.8 Å². The third-order valence-corrected chi connectivity index (χ3v) is 4.28. The molecular weight excluding hydrogens is 266 g/mol. The van der Waals surface area contributed by atoms with E-state index in [-0.39, 0.29) is 11.9 Å². The highest BCUT2D eigenvalue weighted by Crippen LogP contribution is 2.21. The average molecular weight is 287 g/mol. The Morgan fingerprint density at radius 3 is 2.86 bits per heavy atom. The minimum Gasteiger partial charge on any atom is -0.390 e. The zero-order valence-corrected chi connectivity index (χ0v) is 12.1. The van der Waals surface area contributed by atoms with Crippen LogP contribution >= 0.6 is 0 Å². The van der Waals surface area contributed by atoms with E-state index in [0.717, 1.165) is 18.7 Å². The number of pyridine rings is 1. The van der Waals surface area contributed by atoms with E-state index < -0.39 is 6.10 Å². The van der Waals surface area contributed by atoms with Crippen molar-refractivity contribution in [3.63, 3.8) is 0 Å². The molecule has 0 aliphatic carbocycles. The molecule has 0 saturated carbocycles. The molecule has 2 fully saturated rings. The third-order valence-electron chi connectivity index (χ3n) is 4.28. The summed E-state index contributed by atoms with van der Waals surface area (Å²) in [6.07, 6.45) is 8.71. The number of likely N-dealkylation sites (tertiary alicyclic amines) is 2. The number of carbonyl (C=O) groups excluding carboxylic acids is 1. The number of aliphatic hydroxyl groups is 1. The van der Waals surface area contributed by atoms with E-state index in [1.54, 1.807) is 29.4 Å². The second-order valence-corrected chi connectivity index (χ2v) is 5.74. The summed E-state index contributed by atoms with van der Waals surface area (Å²) >= 11 is 0. The molecule has 5 heteroatoms. The van der Waals surface area contributed by atoms with Gasteiger partial charge in [0.15, 0.2) is 0 Å². The maximum Gasteiger partial charge on any atom is 0.246 e. The van der Waals surface area contributed by atoms with Gasteiger partial charge in [-0.05, 0) is 43.6 Å². The second kappa shape index (κ2) is 6.37. The van der Waals surface area contributed by atoms with Crippen molar-refractivity contribution in [3.05, 3.63) is 36.2 Å².